The Balaban J connectivity index is 0.000000605. The minimum atomic E-state index is 0. The zero-order valence-corrected chi connectivity index (χ0v) is 5.86. The van der Waals surface area contributed by atoms with Crippen LogP contribution in [0.2, 0.25) is 0 Å². The number of fused-ring (bicyclic) bond motifs is 1. The lowest BCUT2D eigenvalue weighted by Gasteiger charge is -1.90. The Morgan fingerprint density at radius 3 is 2.73 bits per heavy atom. The molecule has 0 aliphatic rings. The van der Waals surface area contributed by atoms with E-state index in [1.54, 1.807) is 6.33 Å². The van der Waals surface area contributed by atoms with E-state index in [4.69, 9.17) is 0 Å². The van der Waals surface area contributed by atoms with Crippen molar-refractivity contribution in [2.75, 3.05) is 0 Å². The van der Waals surface area contributed by atoms with Gasteiger partial charge in [0.25, 0.3) is 0 Å². The van der Waals surface area contributed by atoms with E-state index in [0.29, 0.717) is 0 Å². The van der Waals surface area contributed by atoms with E-state index in [0.717, 1.165) is 10.9 Å². The Kier molecular flexibility index (Phi) is 2.16. The molecule has 0 saturated heterocycles. The van der Waals surface area contributed by atoms with E-state index in [2.05, 4.69) is 9.97 Å². The van der Waals surface area contributed by atoms with Crippen molar-refractivity contribution in [3.05, 3.63) is 44.2 Å². The molecule has 2 rings (SSSR count). The Hall–Kier alpha value is -1.44. The molecule has 0 spiro atoms. The number of hydrogen-bond acceptors (Lipinski definition) is 2. The van der Waals surface area contributed by atoms with Gasteiger partial charge < -0.3 is 0 Å². The first-order valence-corrected chi connectivity index (χ1v) is 3.11. The van der Waals surface area contributed by atoms with Crippen LogP contribution < -0.4 is 0 Å². The highest BCUT2D eigenvalue weighted by atomic mass is 14.8. The number of aromatic nitrogens is 2. The number of hydrogen-bond donors (Lipinski definition) is 0. The molecule has 0 bridgehead atoms. The molecule has 11 heavy (non-hydrogen) atoms. The minimum Gasteiger partial charge on any atom is -0.244 e. The van der Waals surface area contributed by atoms with E-state index >= 15 is 0 Å². The molecule has 1 aromatic heterocycles. The summed E-state index contributed by atoms with van der Waals surface area (Å²) in [6.07, 6.45) is 3.37. The molecule has 4 radical (unpaired) electrons. The quantitative estimate of drug-likeness (QED) is 0.559. The molecule has 0 fully saturated rings. The van der Waals surface area contributed by atoms with Gasteiger partial charge in [0.15, 0.2) is 0 Å². The van der Waals surface area contributed by atoms with Crippen LogP contribution in [0.5, 0.6) is 0 Å². The summed E-state index contributed by atoms with van der Waals surface area (Å²) in [5.41, 5.74) is 0.998. The van der Waals surface area contributed by atoms with Crippen molar-refractivity contribution in [1.29, 1.82) is 0 Å². The second kappa shape index (κ2) is 3.10. The van der Waals surface area contributed by atoms with Gasteiger partial charge in [-0.05, 0) is 6.07 Å². The first-order valence-electron chi connectivity index (χ1n) is 3.11. The molecule has 2 nitrogen and oxygen atoms in total. The van der Waals surface area contributed by atoms with E-state index in [9.17, 15) is 0 Å². The summed E-state index contributed by atoms with van der Waals surface area (Å²) in [6.45, 7) is 0. The predicted molar refractivity (Wildman–Crippen MR) is 42.8 cm³/mol. The minimum absolute atomic E-state index is 0. The van der Waals surface area contributed by atoms with Crippen molar-refractivity contribution in [1.82, 2.24) is 9.97 Å². The van der Waals surface area contributed by atoms with Crippen LogP contribution in [0.3, 0.4) is 0 Å². The second-order valence-electron chi connectivity index (χ2n) is 2.08. The standard InChI is InChI=1S/C8H6N2.C/c1-2-4-8-7(3-1)5-9-6-10-8;/h1-6H;. The van der Waals surface area contributed by atoms with E-state index < -0.39 is 0 Å². The Morgan fingerprint density at radius 2 is 1.91 bits per heavy atom. The molecule has 0 unspecified atom stereocenters. The first-order chi connectivity index (χ1) is 4.97. The number of rotatable bonds is 0. The highest BCUT2D eigenvalue weighted by molar-refractivity contribution is 5.76. The van der Waals surface area contributed by atoms with Crippen LogP contribution in [0.4, 0.5) is 0 Å². The summed E-state index contributed by atoms with van der Waals surface area (Å²) in [5, 5.41) is 1.09. The Bertz CT molecular complexity index is 279. The topological polar surface area (TPSA) is 25.8 Å². The lowest BCUT2D eigenvalue weighted by molar-refractivity contribution is 1.22. The fourth-order valence-electron chi connectivity index (χ4n) is 0.923. The monoisotopic (exact) mass is 142 g/mol. The molecule has 1 heterocycles. The smallest absolute Gasteiger partial charge is 0.116 e. The SMILES string of the molecule is [C].c1ccc2ncncc2c1. The summed E-state index contributed by atoms with van der Waals surface area (Å²) in [6, 6.07) is 7.91. The lowest BCUT2D eigenvalue weighted by Crippen LogP contribution is -1.77. The number of benzene rings is 1. The van der Waals surface area contributed by atoms with Crippen LogP contribution in [0.25, 0.3) is 10.9 Å². The van der Waals surface area contributed by atoms with Gasteiger partial charge in [-0.1, -0.05) is 18.2 Å². The van der Waals surface area contributed by atoms with Crippen LogP contribution in [-0.2, 0) is 0 Å². The highest BCUT2D eigenvalue weighted by Crippen LogP contribution is 2.06. The summed E-state index contributed by atoms with van der Waals surface area (Å²) < 4.78 is 0. The Morgan fingerprint density at radius 1 is 1.09 bits per heavy atom. The maximum absolute atomic E-state index is 4.07. The number of para-hydroxylation sites is 1. The van der Waals surface area contributed by atoms with Gasteiger partial charge in [0.1, 0.15) is 6.33 Å². The van der Waals surface area contributed by atoms with Crippen molar-refractivity contribution in [2.24, 2.45) is 0 Å². The molecule has 0 N–H and O–H groups in total. The zero-order valence-electron chi connectivity index (χ0n) is 5.86. The fourth-order valence-corrected chi connectivity index (χ4v) is 0.923. The normalized spacial score (nSPS) is 9.09. The van der Waals surface area contributed by atoms with Crippen molar-refractivity contribution in [3.8, 4) is 0 Å². The average Bonchev–Trinajstić information content (AvgIpc) is 2.05. The molecule has 0 atom stereocenters. The van der Waals surface area contributed by atoms with Crippen LogP contribution in [0.1, 0.15) is 0 Å². The van der Waals surface area contributed by atoms with E-state index in [1.165, 1.54) is 0 Å². The van der Waals surface area contributed by atoms with Crippen LogP contribution in [-0.4, -0.2) is 9.97 Å². The van der Waals surface area contributed by atoms with Crippen molar-refractivity contribution in [3.63, 3.8) is 0 Å². The van der Waals surface area contributed by atoms with Crippen molar-refractivity contribution >= 4 is 10.9 Å². The third-order valence-electron chi connectivity index (χ3n) is 1.41. The second-order valence-corrected chi connectivity index (χ2v) is 2.08. The molecule has 2 aromatic rings. The van der Waals surface area contributed by atoms with Gasteiger partial charge in [0, 0.05) is 19.0 Å². The van der Waals surface area contributed by atoms with Gasteiger partial charge in [-0.2, -0.15) is 0 Å². The Labute approximate surface area is 65.9 Å². The van der Waals surface area contributed by atoms with Gasteiger partial charge in [0.05, 0.1) is 5.52 Å². The molecule has 0 saturated carbocycles. The third kappa shape index (κ3) is 1.34. The maximum Gasteiger partial charge on any atom is 0.116 e. The molecular formula is C9H6N2. The van der Waals surface area contributed by atoms with Crippen LogP contribution >= 0.6 is 0 Å². The lowest BCUT2D eigenvalue weighted by atomic mass is 10.2. The van der Waals surface area contributed by atoms with Crippen molar-refractivity contribution < 1.29 is 0 Å². The number of nitrogens with zero attached hydrogens (tertiary/aromatic N) is 2. The average molecular weight is 142 g/mol. The fraction of sp³-hybridized carbons (Fsp3) is 0. The molecule has 0 aliphatic carbocycles. The molecule has 0 aliphatic heterocycles. The van der Waals surface area contributed by atoms with Crippen LogP contribution in [0, 0.1) is 7.43 Å². The molecule has 1 aromatic carbocycles. The first kappa shape index (κ1) is 7.66. The van der Waals surface area contributed by atoms with Gasteiger partial charge in [-0.25, -0.2) is 9.97 Å². The summed E-state index contributed by atoms with van der Waals surface area (Å²) in [5.74, 6) is 0. The zero-order chi connectivity index (χ0) is 6.81. The van der Waals surface area contributed by atoms with E-state index in [-0.39, 0.29) is 7.43 Å². The van der Waals surface area contributed by atoms with Gasteiger partial charge in [-0.15, -0.1) is 0 Å². The van der Waals surface area contributed by atoms with Crippen LogP contribution in [0.15, 0.2) is 36.8 Å². The van der Waals surface area contributed by atoms with E-state index in [1.807, 2.05) is 30.5 Å². The molecule has 52 valence electrons. The molecule has 2 heteroatoms. The molecular weight excluding hydrogens is 136 g/mol. The van der Waals surface area contributed by atoms with Gasteiger partial charge in [0.2, 0.25) is 0 Å². The van der Waals surface area contributed by atoms with Gasteiger partial charge in [-0.3, -0.25) is 0 Å². The predicted octanol–water partition coefficient (Wildman–Crippen LogP) is 1.71. The molecule has 0 amide bonds. The van der Waals surface area contributed by atoms with Crippen molar-refractivity contribution in [2.45, 2.75) is 0 Å². The highest BCUT2D eigenvalue weighted by Gasteiger charge is 1.87. The summed E-state index contributed by atoms with van der Waals surface area (Å²) in [7, 11) is 0. The summed E-state index contributed by atoms with van der Waals surface area (Å²) >= 11 is 0. The maximum atomic E-state index is 4.07. The third-order valence-corrected chi connectivity index (χ3v) is 1.41. The summed E-state index contributed by atoms with van der Waals surface area (Å²) in [4.78, 5) is 7.97. The largest absolute Gasteiger partial charge is 0.244 e. The van der Waals surface area contributed by atoms with Gasteiger partial charge >= 0.3 is 0 Å².